The standard InChI is InChI=1S/C8H15N5O2/c1-12(2)7(14)5-13(3)8-11-10-6(4-9)15-8/h4-5,9H2,1-3H3. The van der Waals surface area contributed by atoms with E-state index >= 15 is 0 Å². The van der Waals surface area contributed by atoms with Gasteiger partial charge in [0.15, 0.2) is 0 Å². The van der Waals surface area contributed by atoms with Crippen LogP contribution in [0.2, 0.25) is 0 Å². The minimum Gasteiger partial charge on any atom is -0.407 e. The van der Waals surface area contributed by atoms with E-state index in [9.17, 15) is 4.79 Å². The van der Waals surface area contributed by atoms with Crippen molar-refractivity contribution < 1.29 is 9.21 Å². The molecule has 0 atom stereocenters. The lowest BCUT2D eigenvalue weighted by molar-refractivity contribution is -0.127. The van der Waals surface area contributed by atoms with Crippen molar-refractivity contribution in [2.45, 2.75) is 6.54 Å². The van der Waals surface area contributed by atoms with Gasteiger partial charge in [-0.05, 0) is 0 Å². The van der Waals surface area contributed by atoms with E-state index in [1.165, 1.54) is 4.90 Å². The van der Waals surface area contributed by atoms with Gasteiger partial charge >= 0.3 is 6.01 Å². The van der Waals surface area contributed by atoms with Crippen molar-refractivity contribution in [1.29, 1.82) is 0 Å². The highest BCUT2D eigenvalue weighted by atomic mass is 16.4. The number of likely N-dealkylation sites (N-methyl/N-ethyl adjacent to an activating group) is 2. The highest BCUT2D eigenvalue weighted by Gasteiger charge is 2.14. The SMILES string of the molecule is CN(C)C(=O)CN(C)c1nnc(CN)o1. The Kier molecular flexibility index (Phi) is 3.62. The molecule has 15 heavy (non-hydrogen) atoms. The summed E-state index contributed by atoms with van der Waals surface area (Å²) in [6.45, 7) is 0.391. The second-order valence-electron chi connectivity index (χ2n) is 3.33. The molecule has 84 valence electrons. The zero-order chi connectivity index (χ0) is 11.4. The second-order valence-corrected chi connectivity index (χ2v) is 3.33. The van der Waals surface area contributed by atoms with E-state index in [1.807, 2.05) is 0 Å². The molecular formula is C8H15N5O2. The van der Waals surface area contributed by atoms with E-state index < -0.39 is 0 Å². The number of amides is 1. The van der Waals surface area contributed by atoms with Gasteiger partial charge in [0, 0.05) is 21.1 Å². The highest BCUT2D eigenvalue weighted by Crippen LogP contribution is 2.09. The molecule has 0 aliphatic carbocycles. The maximum atomic E-state index is 11.4. The fourth-order valence-electron chi connectivity index (χ4n) is 0.893. The molecule has 1 amide bonds. The van der Waals surface area contributed by atoms with Crippen LogP contribution in [0.4, 0.5) is 6.01 Å². The summed E-state index contributed by atoms with van der Waals surface area (Å²) in [5, 5.41) is 7.46. The fraction of sp³-hybridized carbons (Fsp3) is 0.625. The van der Waals surface area contributed by atoms with Gasteiger partial charge in [-0.2, -0.15) is 0 Å². The molecule has 0 bridgehead atoms. The molecule has 0 unspecified atom stereocenters. The van der Waals surface area contributed by atoms with Crippen molar-refractivity contribution in [3.05, 3.63) is 5.89 Å². The molecule has 7 nitrogen and oxygen atoms in total. The van der Waals surface area contributed by atoms with Crippen molar-refractivity contribution >= 4 is 11.9 Å². The van der Waals surface area contributed by atoms with Crippen molar-refractivity contribution in [1.82, 2.24) is 15.1 Å². The van der Waals surface area contributed by atoms with Gasteiger partial charge in [-0.25, -0.2) is 0 Å². The molecule has 0 spiro atoms. The Morgan fingerprint density at radius 1 is 1.40 bits per heavy atom. The summed E-state index contributed by atoms with van der Waals surface area (Å²) in [6, 6.07) is 0.297. The topological polar surface area (TPSA) is 88.5 Å². The van der Waals surface area contributed by atoms with Crippen LogP contribution in [-0.2, 0) is 11.3 Å². The molecule has 0 radical (unpaired) electrons. The van der Waals surface area contributed by atoms with Crippen molar-refractivity contribution in [3.8, 4) is 0 Å². The third-order valence-electron chi connectivity index (χ3n) is 1.83. The minimum atomic E-state index is -0.0370. The van der Waals surface area contributed by atoms with Gasteiger partial charge in [-0.15, -0.1) is 5.10 Å². The number of nitrogens with zero attached hydrogens (tertiary/aromatic N) is 4. The Morgan fingerprint density at radius 2 is 2.07 bits per heavy atom. The number of carbonyl (C=O) groups excluding carboxylic acids is 1. The zero-order valence-electron chi connectivity index (χ0n) is 9.10. The van der Waals surface area contributed by atoms with E-state index in [1.54, 1.807) is 26.0 Å². The molecule has 7 heteroatoms. The molecule has 1 rings (SSSR count). The summed E-state index contributed by atoms with van der Waals surface area (Å²) in [5.41, 5.74) is 5.32. The van der Waals surface area contributed by atoms with Gasteiger partial charge in [0.05, 0.1) is 6.54 Å². The van der Waals surface area contributed by atoms with Crippen LogP contribution in [-0.4, -0.2) is 48.7 Å². The molecule has 0 aliphatic rings. The Labute approximate surface area is 87.8 Å². The number of hydrogen-bond donors (Lipinski definition) is 1. The molecule has 0 saturated heterocycles. The summed E-state index contributed by atoms with van der Waals surface area (Å²) in [7, 11) is 5.08. The molecule has 1 heterocycles. The monoisotopic (exact) mass is 213 g/mol. The fourth-order valence-corrected chi connectivity index (χ4v) is 0.893. The van der Waals surface area contributed by atoms with Gasteiger partial charge in [0.25, 0.3) is 0 Å². The van der Waals surface area contributed by atoms with Gasteiger partial charge in [0.1, 0.15) is 6.54 Å². The van der Waals surface area contributed by atoms with Crippen LogP contribution >= 0.6 is 0 Å². The van der Waals surface area contributed by atoms with Crippen LogP contribution in [0, 0.1) is 0 Å². The second kappa shape index (κ2) is 4.74. The summed E-state index contributed by atoms with van der Waals surface area (Å²) >= 11 is 0. The first-order valence-electron chi connectivity index (χ1n) is 4.48. The first kappa shape index (κ1) is 11.4. The predicted octanol–water partition coefficient (Wildman–Crippen LogP) is -0.947. The van der Waals surface area contributed by atoms with Gasteiger partial charge in [-0.3, -0.25) is 4.79 Å². The molecule has 0 saturated carbocycles. The molecule has 0 aromatic carbocycles. The molecule has 2 N–H and O–H groups in total. The summed E-state index contributed by atoms with van der Waals surface area (Å²) in [6.07, 6.45) is 0. The maximum Gasteiger partial charge on any atom is 0.318 e. The quantitative estimate of drug-likeness (QED) is 0.694. The average Bonchev–Trinajstić information content (AvgIpc) is 2.65. The number of aromatic nitrogens is 2. The Hall–Kier alpha value is -1.63. The molecular weight excluding hydrogens is 198 g/mol. The van der Waals surface area contributed by atoms with Crippen LogP contribution in [0.15, 0.2) is 4.42 Å². The van der Waals surface area contributed by atoms with E-state index in [0.717, 1.165) is 0 Å². The highest BCUT2D eigenvalue weighted by molar-refractivity contribution is 5.80. The average molecular weight is 213 g/mol. The largest absolute Gasteiger partial charge is 0.407 e. The number of nitrogens with two attached hydrogens (primary N) is 1. The van der Waals surface area contributed by atoms with Crippen LogP contribution < -0.4 is 10.6 Å². The Morgan fingerprint density at radius 3 is 2.53 bits per heavy atom. The normalized spacial score (nSPS) is 10.1. The zero-order valence-corrected chi connectivity index (χ0v) is 9.10. The number of hydrogen-bond acceptors (Lipinski definition) is 6. The molecule has 0 aliphatic heterocycles. The minimum absolute atomic E-state index is 0.0370. The lowest BCUT2D eigenvalue weighted by Gasteiger charge is -2.16. The predicted molar refractivity (Wildman–Crippen MR) is 54.2 cm³/mol. The first-order valence-corrected chi connectivity index (χ1v) is 4.48. The van der Waals surface area contributed by atoms with Crippen molar-refractivity contribution in [2.75, 3.05) is 32.6 Å². The summed E-state index contributed by atoms with van der Waals surface area (Å²) in [4.78, 5) is 14.4. The van der Waals surface area contributed by atoms with Crippen LogP contribution in [0.5, 0.6) is 0 Å². The third kappa shape index (κ3) is 2.91. The van der Waals surface area contributed by atoms with Crippen LogP contribution in [0.25, 0.3) is 0 Å². The smallest absolute Gasteiger partial charge is 0.318 e. The van der Waals surface area contributed by atoms with Gasteiger partial charge in [0.2, 0.25) is 11.8 Å². The Bertz CT molecular complexity index is 336. The van der Waals surface area contributed by atoms with E-state index in [-0.39, 0.29) is 19.0 Å². The lowest BCUT2D eigenvalue weighted by Crippen LogP contribution is -2.34. The van der Waals surface area contributed by atoms with E-state index in [2.05, 4.69) is 10.2 Å². The van der Waals surface area contributed by atoms with Gasteiger partial charge in [-0.1, -0.05) is 5.10 Å². The van der Waals surface area contributed by atoms with Crippen molar-refractivity contribution in [2.24, 2.45) is 5.73 Å². The van der Waals surface area contributed by atoms with E-state index in [4.69, 9.17) is 10.2 Å². The number of anilines is 1. The summed E-state index contributed by atoms with van der Waals surface area (Å²) in [5.74, 6) is 0.319. The van der Waals surface area contributed by atoms with E-state index in [0.29, 0.717) is 11.9 Å². The van der Waals surface area contributed by atoms with Crippen LogP contribution in [0.3, 0.4) is 0 Å². The lowest BCUT2D eigenvalue weighted by atomic mass is 10.5. The third-order valence-corrected chi connectivity index (χ3v) is 1.83. The molecule has 0 fully saturated rings. The first-order chi connectivity index (χ1) is 7.04. The number of rotatable bonds is 4. The number of carbonyl (C=O) groups is 1. The van der Waals surface area contributed by atoms with Crippen molar-refractivity contribution in [3.63, 3.8) is 0 Å². The molecule has 1 aromatic rings. The maximum absolute atomic E-state index is 11.4. The van der Waals surface area contributed by atoms with Crippen LogP contribution in [0.1, 0.15) is 5.89 Å². The molecule has 1 aromatic heterocycles. The Balaban J connectivity index is 2.60. The summed E-state index contributed by atoms with van der Waals surface area (Å²) < 4.78 is 5.18. The van der Waals surface area contributed by atoms with Gasteiger partial charge < -0.3 is 20.0 Å².